The lowest BCUT2D eigenvalue weighted by Gasteiger charge is -2.14. The normalized spacial score (nSPS) is 21.3. The summed E-state index contributed by atoms with van der Waals surface area (Å²) in [5.74, 6) is 7.40. The molecule has 0 aliphatic heterocycles. The number of nitrogen functional groups attached to an aromatic ring is 1. The highest BCUT2D eigenvalue weighted by Gasteiger charge is 2.25. The number of aromatic nitrogens is 3. The van der Waals surface area contributed by atoms with Crippen LogP contribution < -0.4 is 21.3 Å². The number of anilines is 2. The van der Waals surface area contributed by atoms with E-state index >= 15 is 0 Å². The summed E-state index contributed by atoms with van der Waals surface area (Å²) in [5, 5.41) is 4.10. The van der Waals surface area contributed by atoms with E-state index in [1.807, 2.05) is 18.7 Å². The quantitative estimate of drug-likeness (QED) is 0.495. The highest BCUT2D eigenvalue weighted by molar-refractivity contribution is 7.99. The smallest absolute Gasteiger partial charge is 0.323 e. The van der Waals surface area contributed by atoms with Crippen LogP contribution in [0.5, 0.6) is 6.01 Å². The molecule has 7 nitrogen and oxygen atoms in total. The monoisotopic (exact) mass is 312 g/mol. The van der Waals surface area contributed by atoms with Crippen molar-refractivity contribution in [2.75, 3.05) is 23.1 Å². The Balaban J connectivity index is 1.98. The second-order valence-electron chi connectivity index (χ2n) is 4.99. The summed E-state index contributed by atoms with van der Waals surface area (Å²) in [4.78, 5) is 12.6. The van der Waals surface area contributed by atoms with Gasteiger partial charge in [0.1, 0.15) is 0 Å². The molecule has 0 saturated heterocycles. The number of nitrogens with one attached hydrogen (secondary N) is 2. The first kappa shape index (κ1) is 16.1. The van der Waals surface area contributed by atoms with Crippen LogP contribution >= 0.6 is 11.8 Å². The summed E-state index contributed by atoms with van der Waals surface area (Å²) in [6, 6.07) is 0.709. The molecule has 2 unspecified atom stereocenters. The molecule has 2 rings (SSSR count). The van der Waals surface area contributed by atoms with E-state index in [0.717, 1.165) is 24.5 Å². The van der Waals surface area contributed by atoms with Crippen molar-refractivity contribution >= 4 is 23.7 Å². The molecule has 1 aromatic rings. The maximum Gasteiger partial charge on any atom is 0.323 e. The summed E-state index contributed by atoms with van der Waals surface area (Å²) in [6.07, 6.45) is 4.42. The molecule has 0 amide bonds. The van der Waals surface area contributed by atoms with Crippen LogP contribution in [0.3, 0.4) is 0 Å². The SMILES string of the molecule is CCCOc1nc(NN)nc(NC2CCC(SCC)C2)n1. The second-order valence-corrected chi connectivity index (χ2v) is 6.57. The Hall–Kier alpha value is -1.28. The average Bonchev–Trinajstić information content (AvgIpc) is 2.92. The molecule has 21 heavy (non-hydrogen) atoms. The summed E-state index contributed by atoms with van der Waals surface area (Å²) in [5.41, 5.74) is 2.45. The molecule has 1 heterocycles. The van der Waals surface area contributed by atoms with Crippen LogP contribution in [0, 0.1) is 0 Å². The first-order valence-electron chi connectivity index (χ1n) is 7.48. The van der Waals surface area contributed by atoms with Crippen molar-refractivity contribution in [3.05, 3.63) is 0 Å². The van der Waals surface area contributed by atoms with Gasteiger partial charge in [-0.1, -0.05) is 13.8 Å². The standard InChI is InChI=1S/C13H24N6OS/c1-3-7-20-13-17-11(16-12(18-13)19-14)15-9-5-6-10(8-9)21-4-2/h9-10H,3-8,14H2,1-2H3,(H2,15,16,17,18,19). The number of nitrogens with zero attached hydrogens (tertiary/aromatic N) is 3. The van der Waals surface area contributed by atoms with E-state index in [2.05, 4.69) is 32.6 Å². The molecule has 0 bridgehead atoms. The van der Waals surface area contributed by atoms with E-state index in [4.69, 9.17) is 10.6 Å². The zero-order valence-corrected chi connectivity index (χ0v) is 13.4. The van der Waals surface area contributed by atoms with Crippen LogP contribution in [0.4, 0.5) is 11.9 Å². The van der Waals surface area contributed by atoms with Crippen LogP contribution in [0.15, 0.2) is 0 Å². The molecule has 0 spiro atoms. The third-order valence-electron chi connectivity index (χ3n) is 3.30. The topological polar surface area (TPSA) is 98.0 Å². The molecular weight excluding hydrogens is 288 g/mol. The predicted molar refractivity (Wildman–Crippen MR) is 86.6 cm³/mol. The van der Waals surface area contributed by atoms with Crippen molar-refractivity contribution in [2.24, 2.45) is 5.84 Å². The fourth-order valence-electron chi connectivity index (χ4n) is 2.38. The number of rotatable bonds is 8. The molecule has 8 heteroatoms. The minimum Gasteiger partial charge on any atom is -0.463 e. The lowest BCUT2D eigenvalue weighted by atomic mass is 10.2. The van der Waals surface area contributed by atoms with Gasteiger partial charge in [-0.15, -0.1) is 0 Å². The van der Waals surface area contributed by atoms with Gasteiger partial charge in [0, 0.05) is 11.3 Å². The molecule has 1 saturated carbocycles. The van der Waals surface area contributed by atoms with E-state index in [-0.39, 0.29) is 0 Å². The van der Waals surface area contributed by atoms with Crippen molar-refractivity contribution < 1.29 is 4.74 Å². The lowest BCUT2D eigenvalue weighted by molar-refractivity contribution is 0.292. The maximum atomic E-state index is 5.46. The molecular formula is C13H24N6OS. The van der Waals surface area contributed by atoms with Gasteiger partial charge in [-0.25, -0.2) is 5.84 Å². The highest BCUT2D eigenvalue weighted by atomic mass is 32.2. The third kappa shape index (κ3) is 4.89. The minimum atomic E-state index is 0.305. The molecule has 1 aliphatic rings. The van der Waals surface area contributed by atoms with Crippen molar-refractivity contribution in [1.29, 1.82) is 0 Å². The van der Waals surface area contributed by atoms with Crippen LogP contribution in [0.2, 0.25) is 0 Å². The lowest BCUT2D eigenvalue weighted by Crippen LogP contribution is -2.20. The summed E-state index contributed by atoms with van der Waals surface area (Å²) in [6.45, 7) is 4.81. The van der Waals surface area contributed by atoms with E-state index in [9.17, 15) is 0 Å². The second kappa shape index (κ2) is 8.23. The largest absolute Gasteiger partial charge is 0.463 e. The molecule has 1 fully saturated rings. The first-order valence-corrected chi connectivity index (χ1v) is 8.53. The molecule has 1 aromatic heterocycles. The van der Waals surface area contributed by atoms with E-state index in [1.165, 1.54) is 12.2 Å². The van der Waals surface area contributed by atoms with Gasteiger partial charge in [0.05, 0.1) is 6.61 Å². The van der Waals surface area contributed by atoms with Crippen molar-refractivity contribution in [3.63, 3.8) is 0 Å². The minimum absolute atomic E-state index is 0.305. The van der Waals surface area contributed by atoms with Crippen LogP contribution in [0.25, 0.3) is 0 Å². The van der Waals surface area contributed by atoms with E-state index in [1.54, 1.807) is 0 Å². The van der Waals surface area contributed by atoms with Gasteiger partial charge in [0.2, 0.25) is 11.9 Å². The maximum absolute atomic E-state index is 5.46. The summed E-state index contributed by atoms with van der Waals surface area (Å²) < 4.78 is 5.46. The number of hydrogen-bond donors (Lipinski definition) is 3. The van der Waals surface area contributed by atoms with Gasteiger partial charge in [-0.3, -0.25) is 5.43 Å². The Labute approximate surface area is 129 Å². The van der Waals surface area contributed by atoms with Gasteiger partial charge in [-0.05, 0) is 31.4 Å². The number of hydrogen-bond acceptors (Lipinski definition) is 8. The number of ether oxygens (including phenoxy) is 1. The molecule has 1 aliphatic carbocycles. The molecule has 0 radical (unpaired) electrons. The number of thioether (sulfide) groups is 1. The van der Waals surface area contributed by atoms with Gasteiger partial charge in [0.15, 0.2) is 0 Å². The van der Waals surface area contributed by atoms with Crippen molar-refractivity contribution in [2.45, 2.75) is 50.8 Å². The predicted octanol–water partition coefficient (Wildman–Crippen LogP) is 2.03. The van der Waals surface area contributed by atoms with Crippen LogP contribution in [-0.4, -0.2) is 38.6 Å². The average molecular weight is 312 g/mol. The van der Waals surface area contributed by atoms with Gasteiger partial charge < -0.3 is 10.1 Å². The fraction of sp³-hybridized carbons (Fsp3) is 0.769. The van der Waals surface area contributed by atoms with E-state index in [0.29, 0.717) is 30.6 Å². The molecule has 0 aromatic carbocycles. The van der Waals surface area contributed by atoms with Gasteiger partial charge >= 0.3 is 6.01 Å². The zero-order valence-electron chi connectivity index (χ0n) is 12.6. The van der Waals surface area contributed by atoms with Crippen molar-refractivity contribution in [1.82, 2.24) is 15.0 Å². The van der Waals surface area contributed by atoms with Crippen LogP contribution in [0.1, 0.15) is 39.5 Å². The van der Waals surface area contributed by atoms with Gasteiger partial charge in [-0.2, -0.15) is 26.7 Å². The highest BCUT2D eigenvalue weighted by Crippen LogP contribution is 2.31. The molecule has 118 valence electrons. The Kier molecular flexibility index (Phi) is 6.31. The number of nitrogens with two attached hydrogens (primary N) is 1. The Morgan fingerprint density at radius 2 is 2.05 bits per heavy atom. The molecule has 2 atom stereocenters. The number of hydrazine groups is 1. The van der Waals surface area contributed by atoms with Crippen molar-refractivity contribution in [3.8, 4) is 6.01 Å². The Bertz CT molecular complexity index is 447. The first-order chi connectivity index (χ1) is 10.2. The fourth-order valence-corrected chi connectivity index (χ4v) is 3.53. The summed E-state index contributed by atoms with van der Waals surface area (Å²) >= 11 is 2.02. The van der Waals surface area contributed by atoms with Crippen LogP contribution in [-0.2, 0) is 0 Å². The Morgan fingerprint density at radius 3 is 2.76 bits per heavy atom. The Morgan fingerprint density at radius 1 is 1.24 bits per heavy atom. The summed E-state index contributed by atoms with van der Waals surface area (Å²) in [7, 11) is 0. The third-order valence-corrected chi connectivity index (χ3v) is 4.53. The molecule has 4 N–H and O–H groups in total. The van der Waals surface area contributed by atoms with Gasteiger partial charge in [0.25, 0.3) is 0 Å². The van der Waals surface area contributed by atoms with E-state index < -0.39 is 0 Å². The zero-order chi connectivity index (χ0) is 15.1.